The molecule has 0 saturated heterocycles. The zero-order valence-electron chi connectivity index (χ0n) is 16.6. The second kappa shape index (κ2) is 12.3. The second-order valence-corrected chi connectivity index (χ2v) is 8.79. The van der Waals surface area contributed by atoms with Crippen molar-refractivity contribution in [1.29, 1.82) is 0 Å². The number of benzene rings is 4. The fourth-order valence-electron chi connectivity index (χ4n) is 3.27. The van der Waals surface area contributed by atoms with Crippen molar-refractivity contribution in [2.75, 3.05) is 6.16 Å². The van der Waals surface area contributed by atoms with Gasteiger partial charge in [-0.1, -0.05) is 130 Å². The molecule has 146 valence electrons. The van der Waals surface area contributed by atoms with Gasteiger partial charge in [0, 0.05) is 5.92 Å². The third-order valence-corrected chi connectivity index (χ3v) is 6.27. The first-order chi connectivity index (χ1) is 14.4. The predicted octanol–water partition coefficient (Wildman–Crippen LogP) is 6.40. The van der Waals surface area contributed by atoms with E-state index in [2.05, 4.69) is 131 Å². The predicted molar refractivity (Wildman–Crippen MR) is 134 cm³/mol. The van der Waals surface area contributed by atoms with Gasteiger partial charge in [0.15, 0.2) is 0 Å². The van der Waals surface area contributed by atoms with Crippen molar-refractivity contribution < 1.29 is 0 Å². The molecule has 0 fully saturated rings. The summed E-state index contributed by atoms with van der Waals surface area (Å²) in [5.41, 5.74) is 2.83. The molecule has 2 heteroatoms. The lowest BCUT2D eigenvalue weighted by molar-refractivity contribution is 0.785. The highest BCUT2D eigenvalue weighted by atomic mass is 31.1. The minimum absolute atomic E-state index is 0.528. The quantitative estimate of drug-likeness (QED) is 0.320. The normalized spacial score (nSPS) is 10.3. The minimum Gasteiger partial charge on any atom is -0.138 e. The van der Waals surface area contributed by atoms with Crippen LogP contribution in [0.4, 0.5) is 0 Å². The van der Waals surface area contributed by atoms with E-state index < -0.39 is 0 Å². The van der Waals surface area contributed by atoms with E-state index in [1.165, 1.54) is 28.2 Å². The zero-order chi connectivity index (χ0) is 20.2. The summed E-state index contributed by atoms with van der Waals surface area (Å²) in [6.07, 6.45) is 2.31. The molecule has 29 heavy (non-hydrogen) atoms. The first-order valence-corrected chi connectivity index (χ1v) is 11.9. The van der Waals surface area contributed by atoms with Crippen molar-refractivity contribution in [2.24, 2.45) is 0 Å². The zero-order valence-corrected chi connectivity index (χ0v) is 18.8. The van der Waals surface area contributed by atoms with Crippen molar-refractivity contribution in [3.63, 3.8) is 0 Å². The van der Waals surface area contributed by atoms with E-state index in [0.717, 1.165) is 14.7 Å². The molecule has 4 aromatic rings. The van der Waals surface area contributed by atoms with Gasteiger partial charge in [0.25, 0.3) is 0 Å². The molecule has 0 N–H and O–H groups in total. The maximum absolute atomic E-state index is 2.82. The molecule has 0 spiro atoms. The summed E-state index contributed by atoms with van der Waals surface area (Å²) in [4.78, 5) is 0. The van der Waals surface area contributed by atoms with E-state index >= 15 is 0 Å². The third-order valence-electron chi connectivity index (χ3n) is 4.70. The molecular formula is C27H28P2. The van der Waals surface area contributed by atoms with Crippen LogP contribution >= 0.6 is 17.8 Å². The molecule has 0 aromatic heterocycles. The fourth-order valence-corrected chi connectivity index (χ4v) is 4.66. The molecule has 4 rings (SSSR count). The first-order valence-electron chi connectivity index (χ1n) is 10.0. The van der Waals surface area contributed by atoms with Crippen molar-refractivity contribution >= 4 is 28.4 Å². The van der Waals surface area contributed by atoms with Crippen molar-refractivity contribution in [3.05, 3.63) is 132 Å². The topological polar surface area (TPSA) is 0 Å². The lowest BCUT2D eigenvalue weighted by Gasteiger charge is -2.16. The molecule has 0 radical (unpaired) electrons. The van der Waals surface area contributed by atoms with Crippen LogP contribution in [-0.4, -0.2) is 6.16 Å². The Balaban J connectivity index is 0.000000169. The Bertz CT molecular complexity index is 846. The van der Waals surface area contributed by atoms with E-state index in [1.54, 1.807) is 0 Å². The highest BCUT2D eigenvalue weighted by molar-refractivity contribution is 7.55. The Labute approximate surface area is 179 Å². The molecule has 1 atom stereocenters. The van der Waals surface area contributed by atoms with Crippen LogP contribution in [0.15, 0.2) is 121 Å². The van der Waals surface area contributed by atoms with E-state index in [9.17, 15) is 0 Å². The van der Waals surface area contributed by atoms with Gasteiger partial charge in [-0.15, -0.1) is 9.24 Å². The highest BCUT2D eigenvalue weighted by Crippen LogP contribution is 2.28. The van der Waals surface area contributed by atoms with Crippen LogP contribution in [-0.2, 0) is 0 Å². The van der Waals surface area contributed by atoms with Crippen LogP contribution < -0.4 is 10.6 Å². The Morgan fingerprint density at radius 2 is 0.862 bits per heavy atom. The van der Waals surface area contributed by atoms with E-state index in [1.807, 2.05) is 0 Å². The Morgan fingerprint density at radius 3 is 1.21 bits per heavy atom. The molecule has 0 nitrogen and oxygen atoms in total. The van der Waals surface area contributed by atoms with Gasteiger partial charge in [-0.05, 0) is 34.3 Å². The Kier molecular flexibility index (Phi) is 9.12. The monoisotopic (exact) mass is 414 g/mol. The van der Waals surface area contributed by atoms with Crippen LogP contribution in [0.5, 0.6) is 0 Å². The van der Waals surface area contributed by atoms with Gasteiger partial charge in [-0.3, -0.25) is 0 Å². The highest BCUT2D eigenvalue weighted by Gasteiger charge is 2.11. The average Bonchev–Trinajstić information content (AvgIpc) is 2.80. The molecule has 0 aliphatic heterocycles. The van der Waals surface area contributed by atoms with Crippen molar-refractivity contribution in [3.8, 4) is 0 Å². The standard InChI is InChI=1S/C15H17P.C12H11P/c16-12-11-15(13-7-3-1-4-8-13)14-9-5-2-6-10-14;1-3-7-11(8-4-1)13-12-9-5-2-6-10-12/h1-10,15H,11-12,16H2;1-10,13H. The fraction of sp³-hybridized carbons (Fsp3) is 0.111. The molecule has 1 unspecified atom stereocenters. The van der Waals surface area contributed by atoms with E-state index in [4.69, 9.17) is 0 Å². The number of hydrogen-bond donors (Lipinski definition) is 0. The molecule has 0 aliphatic carbocycles. The lowest BCUT2D eigenvalue weighted by Crippen LogP contribution is -2.01. The smallest absolute Gasteiger partial charge is 0.00925 e. The molecule has 0 saturated carbocycles. The molecule has 0 bridgehead atoms. The summed E-state index contributed by atoms with van der Waals surface area (Å²) in [7, 11) is 3.60. The summed E-state index contributed by atoms with van der Waals surface area (Å²) < 4.78 is 0. The van der Waals surface area contributed by atoms with Crippen LogP contribution in [0, 0.1) is 0 Å². The van der Waals surface area contributed by atoms with Gasteiger partial charge < -0.3 is 0 Å². The maximum Gasteiger partial charge on any atom is 0.00925 e. The van der Waals surface area contributed by atoms with E-state index in [-0.39, 0.29) is 0 Å². The summed E-state index contributed by atoms with van der Waals surface area (Å²) in [6, 6.07) is 42.7. The van der Waals surface area contributed by atoms with Gasteiger partial charge in [-0.2, -0.15) is 0 Å². The van der Waals surface area contributed by atoms with Crippen molar-refractivity contribution in [2.45, 2.75) is 12.3 Å². The summed E-state index contributed by atoms with van der Waals surface area (Å²) >= 11 is 0. The van der Waals surface area contributed by atoms with E-state index in [0.29, 0.717) is 5.92 Å². The molecule has 0 aliphatic rings. The van der Waals surface area contributed by atoms with Gasteiger partial charge in [0.1, 0.15) is 0 Å². The van der Waals surface area contributed by atoms with Crippen LogP contribution in [0.1, 0.15) is 23.5 Å². The SMILES string of the molecule is PCCC(c1ccccc1)c1ccccc1.c1ccc(Pc2ccccc2)cc1. The minimum atomic E-state index is 0.528. The Morgan fingerprint density at radius 1 is 0.517 bits per heavy atom. The van der Waals surface area contributed by atoms with Crippen LogP contribution in [0.2, 0.25) is 0 Å². The summed E-state index contributed by atoms with van der Waals surface area (Å²) in [5.74, 6) is 0.528. The van der Waals surface area contributed by atoms with Crippen LogP contribution in [0.3, 0.4) is 0 Å². The molecule has 0 amide bonds. The lowest BCUT2D eigenvalue weighted by atomic mass is 9.89. The third kappa shape index (κ3) is 7.25. The maximum atomic E-state index is 2.82. The van der Waals surface area contributed by atoms with Gasteiger partial charge >= 0.3 is 0 Å². The van der Waals surface area contributed by atoms with Gasteiger partial charge in [-0.25, -0.2) is 0 Å². The summed E-state index contributed by atoms with van der Waals surface area (Å²) in [6.45, 7) is 0. The molecule has 0 heterocycles. The first kappa shape index (κ1) is 21.4. The van der Waals surface area contributed by atoms with Crippen LogP contribution in [0.25, 0.3) is 0 Å². The molecular weight excluding hydrogens is 386 g/mol. The Hall–Kier alpha value is -2.26. The average molecular weight is 414 g/mol. The molecule has 4 aromatic carbocycles. The van der Waals surface area contributed by atoms with Gasteiger partial charge in [0.05, 0.1) is 0 Å². The largest absolute Gasteiger partial charge is 0.138 e. The summed E-state index contributed by atoms with van der Waals surface area (Å²) in [5, 5.41) is 2.79. The van der Waals surface area contributed by atoms with Crippen molar-refractivity contribution in [1.82, 2.24) is 0 Å². The van der Waals surface area contributed by atoms with Gasteiger partial charge in [0.2, 0.25) is 0 Å². The number of rotatable bonds is 6. The number of hydrogen-bond acceptors (Lipinski definition) is 0. The second-order valence-electron chi connectivity index (χ2n) is 6.81.